The van der Waals surface area contributed by atoms with Gasteiger partial charge in [0.1, 0.15) is 0 Å². The van der Waals surface area contributed by atoms with Gasteiger partial charge in [-0.15, -0.1) is 0 Å². The molecule has 1 atom stereocenters. The Balaban J connectivity index is 1.52. The van der Waals surface area contributed by atoms with Crippen molar-refractivity contribution < 1.29 is 4.79 Å². The van der Waals surface area contributed by atoms with E-state index in [1.165, 1.54) is 0 Å². The van der Waals surface area contributed by atoms with Crippen LogP contribution in [0.1, 0.15) is 29.6 Å². The third-order valence-corrected chi connectivity index (χ3v) is 4.64. The van der Waals surface area contributed by atoms with Crippen molar-refractivity contribution in [1.29, 1.82) is 0 Å². The van der Waals surface area contributed by atoms with Gasteiger partial charge in [0.2, 0.25) is 0 Å². The number of Topliss-reactive ketones (excluding diaryl/α,β-unsaturated/α-hetero) is 1. The summed E-state index contributed by atoms with van der Waals surface area (Å²) in [5.41, 5.74) is 0.737. The number of aryl methyl sites for hydroxylation is 1. The van der Waals surface area contributed by atoms with Gasteiger partial charge in [0.25, 0.3) is 0 Å². The molecule has 2 aromatic rings. The summed E-state index contributed by atoms with van der Waals surface area (Å²) in [5.74, 6) is 0.316. The van der Waals surface area contributed by atoms with Crippen molar-refractivity contribution in [2.45, 2.75) is 25.8 Å². The predicted octanol–water partition coefficient (Wildman–Crippen LogP) is 3.52. The maximum absolute atomic E-state index is 12.7. The lowest BCUT2D eigenvalue weighted by Crippen LogP contribution is -2.39. The molecule has 0 spiro atoms. The first kappa shape index (κ1) is 16.2. The summed E-state index contributed by atoms with van der Waals surface area (Å²) in [4.78, 5) is 15.1. The van der Waals surface area contributed by atoms with E-state index in [1.807, 2.05) is 29.1 Å². The number of hydrogen-bond donors (Lipinski definition) is 0. The Morgan fingerprint density at radius 1 is 1.30 bits per heavy atom. The number of carbonyl (C=O) groups is 1. The van der Waals surface area contributed by atoms with Crippen LogP contribution in [0.3, 0.4) is 0 Å². The molecule has 3 rings (SSSR count). The fourth-order valence-corrected chi connectivity index (χ4v) is 3.43. The zero-order valence-corrected chi connectivity index (χ0v) is 14.0. The highest BCUT2D eigenvalue weighted by Gasteiger charge is 2.26. The molecule has 0 bridgehead atoms. The van der Waals surface area contributed by atoms with Crippen LogP contribution in [-0.4, -0.2) is 40.1 Å². The Labute approximate surface area is 142 Å². The molecule has 122 valence electrons. The van der Waals surface area contributed by atoms with Crippen molar-refractivity contribution in [3.8, 4) is 0 Å². The predicted molar refractivity (Wildman–Crippen MR) is 91.8 cm³/mol. The summed E-state index contributed by atoms with van der Waals surface area (Å²) in [6.07, 6.45) is 6.90. The van der Waals surface area contributed by atoms with E-state index in [-0.39, 0.29) is 11.7 Å². The smallest absolute Gasteiger partial charge is 0.167 e. The molecule has 1 fully saturated rings. The Bertz CT molecular complexity index is 641. The van der Waals surface area contributed by atoms with Gasteiger partial charge in [-0.3, -0.25) is 9.48 Å². The highest BCUT2D eigenvalue weighted by Crippen LogP contribution is 2.22. The Morgan fingerprint density at radius 3 is 3.00 bits per heavy atom. The van der Waals surface area contributed by atoms with Crippen LogP contribution in [0, 0.1) is 5.92 Å². The standard InChI is InChI=1S/C18H22ClN3O/c19-17-7-1-5-15(13-17)18(23)16-6-2-9-21(14-16)10-4-12-22-11-3-8-20-22/h1,3,5,7-8,11,13,16H,2,4,6,9-10,12,14H2/t16-/m1/s1. The molecule has 0 radical (unpaired) electrons. The van der Waals surface area contributed by atoms with E-state index in [0.717, 1.165) is 51.0 Å². The van der Waals surface area contributed by atoms with Crippen LogP contribution < -0.4 is 0 Å². The minimum atomic E-state index is 0.0897. The first-order valence-electron chi connectivity index (χ1n) is 8.22. The molecule has 2 heterocycles. The van der Waals surface area contributed by atoms with Crippen LogP contribution in [-0.2, 0) is 6.54 Å². The van der Waals surface area contributed by atoms with Gasteiger partial charge in [0.15, 0.2) is 5.78 Å². The van der Waals surface area contributed by atoms with Crippen LogP contribution >= 0.6 is 11.6 Å². The first-order chi connectivity index (χ1) is 11.2. The molecule has 1 aliphatic heterocycles. The number of benzene rings is 1. The van der Waals surface area contributed by atoms with Crippen molar-refractivity contribution >= 4 is 17.4 Å². The maximum Gasteiger partial charge on any atom is 0.167 e. The third-order valence-electron chi connectivity index (χ3n) is 4.41. The maximum atomic E-state index is 12.7. The minimum absolute atomic E-state index is 0.0897. The number of halogens is 1. The number of hydrogen-bond acceptors (Lipinski definition) is 3. The molecule has 0 saturated carbocycles. The lowest BCUT2D eigenvalue weighted by molar-refractivity contribution is 0.0817. The van der Waals surface area contributed by atoms with Gasteiger partial charge in [-0.05, 0) is 50.6 Å². The molecule has 1 aromatic carbocycles. The van der Waals surface area contributed by atoms with E-state index >= 15 is 0 Å². The van der Waals surface area contributed by atoms with Gasteiger partial charge >= 0.3 is 0 Å². The zero-order chi connectivity index (χ0) is 16.1. The molecule has 0 aliphatic carbocycles. The molecule has 0 amide bonds. The first-order valence-corrected chi connectivity index (χ1v) is 8.60. The zero-order valence-electron chi connectivity index (χ0n) is 13.2. The average Bonchev–Trinajstić information content (AvgIpc) is 3.08. The van der Waals surface area contributed by atoms with Gasteiger partial charge in [-0.1, -0.05) is 23.7 Å². The second kappa shape index (κ2) is 7.75. The summed E-state index contributed by atoms with van der Waals surface area (Å²) < 4.78 is 1.96. The normalized spacial score (nSPS) is 18.9. The van der Waals surface area contributed by atoms with E-state index in [4.69, 9.17) is 11.6 Å². The summed E-state index contributed by atoms with van der Waals surface area (Å²) >= 11 is 6.00. The number of likely N-dealkylation sites (tertiary alicyclic amines) is 1. The van der Waals surface area contributed by atoms with Crippen LogP contribution in [0.2, 0.25) is 5.02 Å². The number of nitrogens with zero attached hydrogens (tertiary/aromatic N) is 3. The minimum Gasteiger partial charge on any atom is -0.303 e. The Hall–Kier alpha value is -1.65. The SMILES string of the molecule is O=C(c1cccc(Cl)c1)[C@@H]1CCCN(CCCn2cccn2)C1. The number of carbonyl (C=O) groups excluding carboxylic acids is 1. The van der Waals surface area contributed by atoms with E-state index in [9.17, 15) is 4.79 Å². The van der Waals surface area contributed by atoms with Crippen LogP contribution in [0.25, 0.3) is 0 Å². The summed E-state index contributed by atoms with van der Waals surface area (Å²) in [5, 5.41) is 4.85. The highest BCUT2D eigenvalue weighted by molar-refractivity contribution is 6.31. The van der Waals surface area contributed by atoms with E-state index < -0.39 is 0 Å². The quantitative estimate of drug-likeness (QED) is 0.760. The van der Waals surface area contributed by atoms with Crippen molar-refractivity contribution in [3.05, 3.63) is 53.3 Å². The molecule has 1 aromatic heterocycles. The number of rotatable bonds is 6. The molecule has 1 aliphatic rings. The lowest BCUT2D eigenvalue weighted by atomic mass is 9.90. The number of aromatic nitrogens is 2. The topological polar surface area (TPSA) is 38.1 Å². The van der Waals surface area contributed by atoms with Gasteiger partial charge in [-0.25, -0.2) is 0 Å². The van der Waals surface area contributed by atoms with Crippen molar-refractivity contribution in [3.63, 3.8) is 0 Å². The third kappa shape index (κ3) is 4.43. The molecule has 0 unspecified atom stereocenters. The monoisotopic (exact) mass is 331 g/mol. The van der Waals surface area contributed by atoms with E-state index in [1.54, 1.807) is 18.3 Å². The van der Waals surface area contributed by atoms with Gasteiger partial charge in [0, 0.05) is 42.0 Å². The van der Waals surface area contributed by atoms with Gasteiger partial charge < -0.3 is 4.90 Å². The summed E-state index contributed by atoms with van der Waals surface area (Å²) in [7, 11) is 0. The van der Waals surface area contributed by atoms with Crippen LogP contribution in [0.5, 0.6) is 0 Å². The fourth-order valence-electron chi connectivity index (χ4n) is 3.24. The van der Waals surface area contributed by atoms with Crippen molar-refractivity contribution in [2.75, 3.05) is 19.6 Å². The average molecular weight is 332 g/mol. The number of ketones is 1. The van der Waals surface area contributed by atoms with Crippen LogP contribution in [0.4, 0.5) is 0 Å². The van der Waals surface area contributed by atoms with E-state index in [2.05, 4.69) is 10.00 Å². The second-order valence-electron chi connectivity index (χ2n) is 6.14. The van der Waals surface area contributed by atoms with E-state index in [0.29, 0.717) is 5.02 Å². The Morgan fingerprint density at radius 2 is 2.22 bits per heavy atom. The molecular formula is C18H22ClN3O. The molecular weight excluding hydrogens is 310 g/mol. The van der Waals surface area contributed by atoms with Crippen molar-refractivity contribution in [2.24, 2.45) is 5.92 Å². The largest absolute Gasteiger partial charge is 0.303 e. The fraction of sp³-hybridized carbons (Fsp3) is 0.444. The molecule has 4 nitrogen and oxygen atoms in total. The molecule has 5 heteroatoms. The molecule has 0 N–H and O–H groups in total. The van der Waals surface area contributed by atoms with Gasteiger partial charge in [-0.2, -0.15) is 5.10 Å². The molecule has 1 saturated heterocycles. The molecule has 23 heavy (non-hydrogen) atoms. The summed E-state index contributed by atoms with van der Waals surface area (Å²) in [6.45, 7) is 3.87. The van der Waals surface area contributed by atoms with Crippen LogP contribution in [0.15, 0.2) is 42.7 Å². The summed E-state index contributed by atoms with van der Waals surface area (Å²) in [6, 6.07) is 9.24. The van der Waals surface area contributed by atoms with Crippen molar-refractivity contribution in [1.82, 2.24) is 14.7 Å². The van der Waals surface area contributed by atoms with Gasteiger partial charge in [0.05, 0.1) is 0 Å². The Kier molecular flexibility index (Phi) is 5.47. The number of piperidine rings is 1. The lowest BCUT2D eigenvalue weighted by Gasteiger charge is -2.32. The highest BCUT2D eigenvalue weighted by atomic mass is 35.5. The second-order valence-corrected chi connectivity index (χ2v) is 6.57.